The summed E-state index contributed by atoms with van der Waals surface area (Å²) in [6.45, 7) is 0. The molecule has 2 nitrogen and oxygen atoms in total. The molecule has 0 heterocycles. The maximum Gasteiger partial charge on any atom is 0.234 e. The van der Waals surface area contributed by atoms with Gasteiger partial charge in [0, 0.05) is 11.3 Å². The Labute approximate surface area is 86.8 Å². The van der Waals surface area contributed by atoms with Crippen LogP contribution in [0.2, 0.25) is 5.02 Å². The van der Waals surface area contributed by atoms with Crippen LogP contribution in [0.4, 0.5) is 0 Å². The van der Waals surface area contributed by atoms with Crippen molar-refractivity contribution in [1.29, 1.82) is 0 Å². The van der Waals surface area contributed by atoms with E-state index in [9.17, 15) is 4.79 Å². The van der Waals surface area contributed by atoms with Crippen molar-refractivity contribution in [1.82, 2.24) is 4.72 Å². The van der Waals surface area contributed by atoms with E-state index in [1.54, 1.807) is 12.1 Å². The first-order valence-corrected chi connectivity index (χ1v) is 5.39. The Kier molecular flexibility index (Phi) is 4.12. The van der Waals surface area contributed by atoms with Crippen molar-refractivity contribution < 1.29 is 4.79 Å². The maximum atomic E-state index is 11.1. The van der Waals surface area contributed by atoms with Gasteiger partial charge < -0.3 is 4.72 Å². The fourth-order valence-electron chi connectivity index (χ4n) is 0.938. The van der Waals surface area contributed by atoms with E-state index in [0.717, 1.165) is 5.56 Å². The molecule has 1 amide bonds. The summed E-state index contributed by atoms with van der Waals surface area (Å²) in [5, 5.41) is 0.689. The number of benzene rings is 1. The second-order valence-electron chi connectivity index (χ2n) is 2.53. The molecule has 1 rings (SSSR count). The van der Waals surface area contributed by atoms with Gasteiger partial charge in [0.2, 0.25) is 5.91 Å². The first-order chi connectivity index (χ1) is 6.22. The predicted octanol–water partition coefficient (Wildman–Crippen LogP) is 2.28. The van der Waals surface area contributed by atoms with Crippen LogP contribution in [0.25, 0.3) is 0 Å². The Morgan fingerprint density at radius 2 is 2.08 bits per heavy atom. The molecular formula is C9H10ClNOS. The molecule has 4 heteroatoms. The van der Waals surface area contributed by atoms with Crippen LogP contribution in [0.5, 0.6) is 0 Å². The van der Waals surface area contributed by atoms with E-state index < -0.39 is 0 Å². The molecule has 0 aromatic heterocycles. The van der Waals surface area contributed by atoms with Crippen molar-refractivity contribution in [3.05, 3.63) is 34.9 Å². The van der Waals surface area contributed by atoms with Gasteiger partial charge in [-0.05, 0) is 17.7 Å². The van der Waals surface area contributed by atoms with Gasteiger partial charge in [0.15, 0.2) is 0 Å². The molecule has 70 valence electrons. The smallest absolute Gasteiger partial charge is 0.234 e. The van der Waals surface area contributed by atoms with Crippen LogP contribution in [0.15, 0.2) is 24.3 Å². The molecule has 0 aliphatic carbocycles. The van der Waals surface area contributed by atoms with E-state index in [1.807, 2.05) is 18.4 Å². The molecule has 1 aromatic rings. The van der Waals surface area contributed by atoms with E-state index in [1.165, 1.54) is 11.9 Å². The van der Waals surface area contributed by atoms with Crippen LogP contribution in [0.1, 0.15) is 5.56 Å². The Morgan fingerprint density at radius 1 is 1.46 bits per heavy atom. The highest BCUT2D eigenvalue weighted by Gasteiger charge is 2.01. The zero-order chi connectivity index (χ0) is 9.68. The van der Waals surface area contributed by atoms with Crippen LogP contribution in [0, 0.1) is 0 Å². The fourth-order valence-corrected chi connectivity index (χ4v) is 1.36. The molecule has 0 fully saturated rings. The average molecular weight is 216 g/mol. The van der Waals surface area contributed by atoms with E-state index in [4.69, 9.17) is 11.6 Å². The normalized spacial score (nSPS) is 9.69. The van der Waals surface area contributed by atoms with Gasteiger partial charge in [-0.3, -0.25) is 4.79 Å². The first-order valence-electron chi connectivity index (χ1n) is 3.78. The third kappa shape index (κ3) is 3.70. The second kappa shape index (κ2) is 5.14. The minimum Gasteiger partial charge on any atom is -0.300 e. The summed E-state index contributed by atoms with van der Waals surface area (Å²) in [5.41, 5.74) is 0.968. The molecule has 0 bridgehead atoms. The molecule has 0 unspecified atom stereocenters. The fraction of sp³-hybridized carbons (Fsp3) is 0.222. The van der Waals surface area contributed by atoms with Crippen LogP contribution in [-0.2, 0) is 11.2 Å². The van der Waals surface area contributed by atoms with Gasteiger partial charge in [0.05, 0.1) is 6.42 Å². The Bertz CT molecular complexity index is 286. The summed E-state index contributed by atoms with van der Waals surface area (Å²) in [5.74, 6) is 0.00909. The van der Waals surface area contributed by atoms with Crippen molar-refractivity contribution in [3.8, 4) is 0 Å². The van der Waals surface area contributed by atoms with Gasteiger partial charge in [-0.25, -0.2) is 0 Å². The maximum absolute atomic E-state index is 11.1. The average Bonchev–Trinajstić information content (AvgIpc) is 2.09. The van der Waals surface area contributed by atoms with E-state index in [0.29, 0.717) is 11.4 Å². The molecule has 0 atom stereocenters. The third-order valence-electron chi connectivity index (χ3n) is 1.49. The summed E-state index contributed by atoms with van der Waals surface area (Å²) in [7, 11) is 0. The lowest BCUT2D eigenvalue weighted by Gasteiger charge is -2.01. The summed E-state index contributed by atoms with van der Waals surface area (Å²) in [6.07, 6.45) is 2.22. The van der Waals surface area contributed by atoms with E-state index >= 15 is 0 Å². The molecule has 0 saturated heterocycles. The van der Waals surface area contributed by atoms with Crippen LogP contribution < -0.4 is 4.72 Å². The molecule has 0 radical (unpaired) electrons. The minimum atomic E-state index is 0.00909. The SMILES string of the molecule is CSNC(=O)Cc1ccc(Cl)cc1. The highest BCUT2D eigenvalue weighted by molar-refractivity contribution is 7.97. The Morgan fingerprint density at radius 3 is 2.62 bits per heavy atom. The molecule has 1 aromatic carbocycles. The van der Waals surface area contributed by atoms with Gasteiger partial charge in [-0.2, -0.15) is 0 Å². The summed E-state index contributed by atoms with van der Waals surface area (Å²) in [6, 6.07) is 7.26. The molecule has 13 heavy (non-hydrogen) atoms. The number of hydrogen-bond acceptors (Lipinski definition) is 2. The van der Waals surface area contributed by atoms with E-state index in [2.05, 4.69) is 4.72 Å². The third-order valence-corrected chi connectivity index (χ3v) is 2.18. The van der Waals surface area contributed by atoms with Crippen molar-refractivity contribution in [2.45, 2.75) is 6.42 Å². The first kappa shape index (κ1) is 10.4. The predicted molar refractivity (Wildman–Crippen MR) is 56.8 cm³/mol. The standard InChI is InChI=1S/C9H10ClNOS/c1-13-11-9(12)6-7-2-4-8(10)5-3-7/h2-5H,6H2,1H3,(H,11,12). The quantitative estimate of drug-likeness (QED) is 0.784. The van der Waals surface area contributed by atoms with Crippen LogP contribution >= 0.6 is 23.5 Å². The number of carbonyl (C=O) groups excluding carboxylic acids is 1. The molecule has 1 N–H and O–H groups in total. The molecule has 0 aliphatic heterocycles. The largest absolute Gasteiger partial charge is 0.300 e. The lowest BCUT2D eigenvalue weighted by atomic mass is 10.1. The van der Waals surface area contributed by atoms with Crippen LogP contribution in [-0.4, -0.2) is 12.2 Å². The monoisotopic (exact) mass is 215 g/mol. The molecule has 0 spiro atoms. The number of amides is 1. The zero-order valence-corrected chi connectivity index (χ0v) is 8.78. The van der Waals surface area contributed by atoms with Gasteiger partial charge in [-0.1, -0.05) is 35.7 Å². The lowest BCUT2D eigenvalue weighted by molar-refractivity contribution is -0.118. The van der Waals surface area contributed by atoms with Crippen LogP contribution in [0.3, 0.4) is 0 Å². The van der Waals surface area contributed by atoms with Gasteiger partial charge >= 0.3 is 0 Å². The lowest BCUT2D eigenvalue weighted by Crippen LogP contribution is -2.17. The van der Waals surface area contributed by atoms with Crippen molar-refractivity contribution in [3.63, 3.8) is 0 Å². The van der Waals surface area contributed by atoms with Crippen molar-refractivity contribution >= 4 is 29.5 Å². The summed E-state index contributed by atoms with van der Waals surface area (Å²) < 4.78 is 2.65. The summed E-state index contributed by atoms with van der Waals surface area (Å²) >= 11 is 7.01. The highest BCUT2D eigenvalue weighted by atomic mass is 35.5. The van der Waals surface area contributed by atoms with E-state index in [-0.39, 0.29) is 5.91 Å². The number of carbonyl (C=O) groups is 1. The number of halogens is 1. The van der Waals surface area contributed by atoms with Gasteiger partial charge in [0.25, 0.3) is 0 Å². The Hall–Kier alpha value is -0.670. The minimum absolute atomic E-state index is 0.00909. The summed E-state index contributed by atoms with van der Waals surface area (Å²) in [4.78, 5) is 11.1. The molecular weight excluding hydrogens is 206 g/mol. The second-order valence-corrected chi connectivity index (χ2v) is 3.58. The Balaban J connectivity index is 2.54. The molecule has 0 aliphatic rings. The number of rotatable bonds is 3. The molecule has 0 saturated carbocycles. The van der Waals surface area contributed by atoms with Gasteiger partial charge in [-0.15, -0.1) is 0 Å². The van der Waals surface area contributed by atoms with Crippen molar-refractivity contribution in [2.75, 3.05) is 6.26 Å². The van der Waals surface area contributed by atoms with Crippen molar-refractivity contribution in [2.24, 2.45) is 0 Å². The number of hydrogen-bond donors (Lipinski definition) is 1. The number of nitrogens with one attached hydrogen (secondary N) is 1. The highest BCUT2D eigenvalue weighted by Crippen LogP contribution is 2.09. The zero-order valence-electron chi connectivity index (χ0n) is 7.21. The van der Waals surface area contributed by atoms with Gasteiger partial charge in [0.1, 0.15) is 0 Å². The topological polar surface area (TPSA) is 29.1 Å².